The third-order valence-electron chi connectivity index (χ3n) is 6.04. The standard InChI is InChI=1S/C22H25N5O2/c1-13-4-5-15-11-17(22(23-18(15)10-13)27-6-8-29-9-7-27)16-12-19(28)24-21-20(16)14(2)26(3)25-21/h4-5,10-11,16H,6-9,12H2,1-3H3,(H,24,25,28). The predicted molar refractivity (Wildman–Crippen MR) is 113 cm³/mol. The van der Waals surface area contributed by atoms with Crippen molar-refractivity contribution in [2.45, 2.75) is 26.2 Å². The third-order valence-corrected chi connectivity index (χ3v) is 6.04. The van der Waals surface area contributed by atoms with E-state index in [0.717, 1.165) is 46.6 Å². The summed E-state index contributed by atoms with van der Waals surface area (Å²) in [5, 5.41) is 8.56. The Hall–Kier alpha value is -2.93. The Morgan fingerprint density at radius 3 is 2.76 bits per heavy atom. The topological polar surface area (TPSA) is 72.3 Å². The summed E-state index contributed by atoms with van der Waals surface area (Å²) in [6.07, 6.45) is 0.399. The number of rotatable bonds is 2. The van der Waals surface area contributed by atoms with Gasteiger partial charge < -0.3 is 15.0 Å². The third kappa shape index (κ3) is 3.06. The first-order chi connectivity index (χ1) is 14.0. The molecule has 7 nitrogen and oxygen atoms in total. The SMILES string of the molecule is Cc1ccc2cc(C3CC(=O)Nc4nn(C)c(C)c43)c(N3CCOCC3)nc2c1. The lowest BCUT2D eigenvalue weighted by molar-refractivity contribution is -0.116. The van der Waals surface area contributed by atoms with Gasteiger partial charge in [0, 0.05) is 54.7 Å². The van der Waals surface area contributed by atoms with Gasteiger partial charge in [-0.25, -0.2) is 4.98 Å². The van der Waals surface area contributed by atoms with E-state index < -0.39 is 0 Å². The molecule has 150 valence electrons. The zero-order valence-corrected chi connectivity index (χ0v) is 17.0. The van der Waals surface area contributed by atoms with E-state index in [2.05, 4.69) is 53.4 Å². The van der Waals surface area contributed by atoms with Crippen molar-refractivity contribution in [3.8, 4) is 0 Å². The normalized spacial score (nSPS) is 19.3. The molecule has 4 heterocycles. The van der Waals surface area contributed by atoms with Gasteiger partial charge in [0.2, 0.25) is 5.91 Å². The summed E-state index contributed by atoms with van der Waals surface area (Å²) in [6.45, 7) is 7.12. The molecule has 1 unspecified atom stereocenters. The maximum Gasteiger partial charge on any atom is 0.226 e. The Labute approximate surface area is 169 Å². The molecule has 1 atom stereocenters. The number of pyridine rings is 1. The minimum absolute atomic E-state index is 0.00229. The molecule has 0 spiro atoms. The first-order valence-corrected chi connectivity index (χ1v) is 10.1. The quantitative estimate of drug-likeness (QED) is 0.727. The number of hydrogen-bond donors (Lipinski definition) is 1. The number of nitrogens with zero attached hydrogens (tertiary/aromatic N) is 4. The van der Waals surface area contributed by atoms with Crippen molar-refractivity contribution >= 4 is 28.4 Å². The molecule has 1 fully saturated rings. The largest absolute Gasteiger partial charge is 0.378 e. The highest BCUT2D eigenvalue weighted by atomic mass is 16.5. The van der Waals surface area contributed by atoms with Crippen LogP contribution in [0.4, 0.5) is 11.6 Å². The fourth-order valence-corrected chi connectivity index (χ4v) is 4.44. The number of fused-ring (bicyclic) bond motifs is 2. The van der Waals surface area contributed by atoms with Crippen LogP contribution in [0.15, 0.2) is 24.3 Å². The zero-order valence-electron chi connectivity index (χ0n) is 17.0. The van der Waals surface area contributed by atoms with Crippen LogP contribution in [0.25, 0.3) is 10.9 Å². The number of benzene rings is 1. The number of nitrogens with one attached hydrogen (secondary N) is 1. The lowest BCUT2D eigenvalue weighted by Crippen LogP contribution is -2.38. The minimum atomic E-state index is -0.0662. The molecule has 3 aromatic rings. The Bertz CT molecular complexity index is 1110. The molecular formula is C22H25N5O2. The van der Waals surface area contributed by atoms with E-state index in [4.69, 9.17) is 9.72 Å². The Kier molecular flexibility index (Phi) is 4.28. The average molecular weight is 391 g/mol. The number of carbonyl (C=O) groups excluding carboxylic acids is 1. The number of anilines is 2. The van der Waals surface area contributed by atoms with E-state index in [1.54, 1.807) is 0 Å². The Morgan fingerprint density at radius 2 is 1.97 bits per heavy atom. The minimum Gasteiger partial charge on any atom is -0.378 e. The number of aromatic nitrogens is 3. The van der Waals surface area contributed by atoms with Gasteiger partial charge in [0.15, 0.2) is 5.82 Å². The highest BCUT2D eigenvalue weighted by Gasteiger charge is 2.34. The average Bonchev–Trinajstić information content (AvgIpc) is 3.00. The zero-order chi connectivity index (χ0) is 20.1. The molecule has 0 saturated carbocycles. The lowest BCUT2D eigenvalue weighted by atomic mass is 9.85. The molecule has 0 aliphatic carbocycles. The van der Waals surface area contributed by atoms with E-state index in [0.29, 0.717) is 25.5 Å². The molecule has 2 aliphatic rings. The summed E-state index contributed by atoms with van der Waals surface area (Å²) in [6, 6.07) is 8.56. The van der Waals surface area contributed by atoms with Crippen molar-refractivity contribution in [1.82, 2.24) is 14.8 Å². The summed E-state index contributed by atoms with van der Waals surface area (Å²) in [4.78, 5) is 19.9. The van der Waals surface area contributed by atoms with Crippen molar-refractivity contribution in [2.24, 2.45) is 7.05 Å². The fraction of sp³-hybridized carbons (Fsp3) is 0.409. The van der Waals surface area contributed by atoms with Crippen LogP contribution in [0, 0.1) is 13.8 Å². The molecule has 5 rings (SSSR count). The van der Waals surface area contributed by atoms with E-state index in [9.17, 15) is 4.79 Å². The molecule has 1 N–H and O–H groups in total. The molecule has 1 aromatic carbocycles. The summed E-state index contributed by atoms with van der Waals surface area (Å²) in [5.41, 5.74) is 5.43. The highest BCUT2D eigenvalue weighted by molar-refractivity contribution is 5.95. The summed E-state index contributed by atoms with van der Waals surface area (Å²) in [5.74, 6) is 1.56. The number of ether oxygens (including phenoxy) is 1. The second-order valence-electron chi connectivity index (χ2n) is 7.97. The van der Waals surface area contributed by atoms with Crippen molar-refractivity contribution in [2.75, 3.05) is 36.5 Å². The van der Waals surface area contributed by atoms with Gasteiger partial charge in [-0.3, -0.25) is 9.48 Å². The van der Waals surface area contributed by atoms with Crippen LogP contribution < -0.4 is 10.2 Å². The maximum absolute atomic E-state index is 12.5. The van der Waals surface area contributed by atoms with Gasteiger partial charge >= 0.3 is 0 Å². The molecule has 1 amide bonds. The highest BCUT2D eigenvalue weighted by Crippen LogP contribution is 2.42. The Balaban J connectivity index is 1.73. The van der Waals surface area contributed by atoms with Crippen molar-refractivity contribution < 1.29 is 9.53 Å². The number of carbonyl (C=O) groups is 1. The predicted octanol–water partition coefficient (Wildman–Crippen LogP) is 2.90. The van der Waals surface area contributed by atoms with Gasteiger partial charge in [0.1, 0.15) is 5.82 Å². The van der Waals surface area contributed by atoms with E-state index in [1.165, 1.54) is 5.56 Å². The van der Waals surface area contributed by atoms with Crippen LogP contribution in [0.1, 0.15) is 34.7 Å². The van der Waals surface area contributed by atoms with Crippen LogP contribution in [0.5, 0.6) is 0 Å². The second-order valence-corrected chi connectivity index (χ2v) is 7.97. The number of aryl methyl sites for hydroxylation is 2. The second kappa shape index (κ2) is 6.84. The summed E-state index contributed by atoms with van der Waals surface area (Å²) in [7, 11) is 1.92. The van der Waals surface area contributed by atoms with E-state index >= 15 is 0 Å². The van der Waals surface area contributed by atoms with Crippen molar-refractivity contribution in [1.29, 1.82) is 0 Å². The first-order valence-electron chi connectivity index (χ1n) is 10.1. The molecular weight excluding hydrogens is 366 g/mol. The lowest BCUT2D eigenvalue weighted by Gasteiger charge is -2.32. The maximum atomic E-state index is 12.5. The molecule has 2 aliphatic heterocycles. The summed E-state index contributed by atoms with van der Waals surface area (Å²) >= 11 is 0. The number of hydrogen-bond acceptors (Lipinski definition) is 5. The fourth-order valence-electron chi connectivity index (χ4n) is 4.44. The molecule has 0 radical (unpaired) electrons. The van der Waals surface area contributed by atoms with Gasteiger partial charge in [-0.1, -0.05) is 12.1 Å². The molecule has 1 saturated heterocycles. The van der Waals surface area contributed by atoms with Gasteiger partial charge in [-0.05, 0) is 31.5 Å². The van der Waals surface area contributed by atoms with Crippen LogP contribution in [-0.4, -0.2) is 47.0 Å². The van der Waals surface area contributed by atoms with Gasteiger partial charge in [-0.15, -0.1) is 0 Å². The van der Waals surface area contributed by atoms with Crippen LogP contribution in [0.2, 0.25) is 0 Å². The molecule has 7 heteroatoms. The summed E-state index contributed by atoms with van der Waals surface area (Å²) < 4.78 is 7.40. The number of amides is 1. The molecule has 0 bridgehead atoms. The van der Waals surface area contributed by atoms with E-state index in [1.807, 2.05) is 11.7 Å². The van der Waals surface area contributed by atoms with Crippen molar-refractivity contribution in [3.05, 3.63) is 46.6 Å². The van der Waals surface area contributed by atoms with Gasteiger partial charge in [-0.2, -0.15) is 5.10 Å². The monoisotopic (exact) mass is 391 g/mol. The Morgan fingerprint density at radius 1 is 1.17 bits per heavy atom. The van der Waals surface area contributed by atoms with Crippen LogP contribution in [0.3, 0.4) is 0 Å². The van der Waals surface area contributed by atoms with Crippen molar-refractivity contribution in [3.63, 3.8) is 0 Å². The van der Waals surface area contributed by atoms with Crippen LogP contribution >= 0.6 is 0 Å². The van der Waals surface area contributed by atoms with Crippen LogP contribution in [-0.2, 0) is 16.6 Å². The first kappa shape index (κ1) is 18.1. The van der Waals surface area contributed by atoms with Gasteiger partial charge in [0.25, 0.3) is 0 Å². The number of morpholine rings is 1. The smallest absolute Gasteiger partial charge is 0.226 e. The molecule has 29 heavy (non-hydrogen) atoms. The van der Waals surface area contributed by atoms with E-state index in [-0.39, 0.29) is 11.8 Å². The molecule has 2 aromatic heterocycles. The van der Waals surface area contributed by atoms with Gasteiger partial charge in [0.05, 0.1) is 18.7 Å².